The van der Waals surface area contributed by atoms with Crippen molar-refractivity contribution >= 4 is 17.0 Å². The number of aromatic nitrogens is 1. The SMILES string of the molecule is COc1cc(OCc2sc(-c3ccc(C(F)(F)F)cc3)nc2CCCOCc2ccccc2)ccc1N. The standard InChI is InChI=1S/C28H27F3N2O3S/c1-34-25-16-22(13-14-23(25)32)36-18-26-24(8-5-15-35-17-19-6-3-2-4-7-19)33-27(37-26)20-9-11-21(12-10-20)28(29,30)31/h2-4,6-7,9-14,16H,5,8,15,17-18,32H2,1H3. The van der Waals surface area contributed by atoms with Crippen LogP contribution in [0.3, 0.4) is 0 Å². The van der Waals surface area contributed by atoms with Crippen molar-refractivity contribution in [1.82, 2.24) is 4.98 Å². The molecule has 0 atom stereocenters. The number of nitrogen functional groups attached to an aromatic ring is 1. The van der Waals surface area contributed by atoms with Gasteiger partial charge in [-0.15, -0.1) is 11.3 Å². The Labute approximate surface area is 217 Å². The number of methoxy groups -OCH3 is 1. The van der Waals surface area contributed by atoms with Crippen LogP contribution in [0, 0.1) is 0 Å². The van der Waals surface area contributed by atoms with Gasteiger partial charge in [-0.25, -0.2) is 4.98 Å². The van der Waals surface area contributed by atoms with Crippen molar-refractivity contribution in [3.8, 4) is 22.1 Å². The lowest BCUT2D eigenvalue weighted by Gasteiger charge is -2.09. The summed E-state index contributed by atoms with van der Waals surface area (Å²) in [6.45, 7) is 1.34. The minimum absolute atomic E-state index is 0.256. The molecule has 0 unspecified atom stereocenters. The second kappa shape index (κ2) is 12.1. The van der Waals surface area contributed by atoms with E-state index in [-0.39, 0.29) is 6.61 Å². The van der Waals surface area contributed by atoms with Crippen LogP contribution in [0.4, 0.5) is 18.9 Å². The zero-order chi connectivity index (χ0) is 26.3. The van der Waals surface area contributed by atoms with E-state index >= 15 is 0 Å². The average Bonchev–Trinajstić information content (AvgIpc) is 3.31. The minimum atomic E-state index is -4.38. The summed E-state index contributed by atoms with van der Waals surface area (Å²) in [5.74, 6) is 1.11. The average molecular weight is 529 g/mol. The van der Waals surface area contributed by atoms with Crippen LogP contribution in [0.15, 0.2) is 72.8 Å². The number of halogens is 3. The zero-order valence-electron chi connectivity index (χ0n) is 20.3. The van der Waals surface area contributed by atoms with E-state index in [0.717, 1.165) is 34.7 Å². The van der Waals surface area contributed by atoms with Crippen LogP contribution in [0.1, 0.15) is 28.1 Å². The molecule has 1 aromatic heterocycles. The van der Waals surface area contributed by atoms with Gasteiger partial charge in [0.1, 0.15) is 23.1 Å². The monoisotopic (exact) mass is 528 g/mol. The highest BCUT2D eigenvalue weighted by atomic mass is 32.1. The van der Waals surface area contributed by atoms with Gasteiger partial charge in [-0.3, -0.25) is 0 Å². The van der Waals surface area contributed by atoms with Gasteiger partial charge in [0.2, 0.25) is 0 Å². The fourth-order valence-electron chi connectivity index (χ4n) is 3.65. The first-order valence-corrected chi connectivity index (χ1v) is 12.5. The number of aryl methyl sites for hydroxylation is 1. The third-order valence-electron chi connectivity index (χ3n) is 5.63. The molecule has 1 heterocycles. The van der Waals surface area contributed by atoms with Crippen molar-refractivity contribution in [1.29, 1.82) is 0 Å². The van der Waals surface area contributed by atoms with Gasteiger partial charge in [0.25, 0.3) is 0 Å². The molecule has 0 aliphatic heterocycles. The quantitative estimate of drug-likeness (QED) is 0.165. The number of anilines is 1. The lowest BCUT2D eigenvalue weighted by Crippen LogP contribution is -2.04. The predicted octanol–water partition coefficient (Wildman–Crippen LogP) is 7.15. The Bertz CT molecular complexity index is 1290. The number of nitrogens with zero attached hydrogens (tertiary/aromatic N) is 1. The van der Waals surface area contributed by atoms with Gasteiger partial charge in [-0.2, -0.15) is 13.2 Å². The Morgan fingerprint density at radius 3 is 2.41 bits per heavy atom. The Morgan fingerprint density at radius 2 is 1.70 bits per heavy atom. The summed E-state index contributed by atoms with van der Waals surface area (Å²) in [6.07, 6.45) is -2.99. The van der Waals surface area contributed by atoms with Gasteiger partial charge < -0.3 is 19.9 Å². The maximum atomic E-state index is 13.0. The van der Waals surface area contributed by atoms with Crippen LogP contribution >= 0.6 is 11.3 Å². The van der Waals surface area contributed by atoms with Crippen LogP contribution in [-0.4, -0.2) is 18.7 Å². The van der Waals surface area contributed by atoms with E-state index in [0.29, 0.717) is 47.4 Å². The Morgan fingerprint density at radius 1 is 0.946 bits per heavy atom. The summed E-state index contributed by atoms with van der Waals surface area (Å²) in [4.78, 5) is 5.64. The molecule has 0 radical (unpaired) electrons. The summed E-state index contributed by atoms with van der Waals surface area (Å²) in [6, 6.07) is 20.2. The molecule has 4 rings (SSSR count). The van der Waals surface area contributed by atoms with Gasteiger partial charge in [-0.1, -0.05) is 42.5 Å². The molecule has 0 fully saturated rings. The van der Waals surface area contributed by atoms with E-state index in [4.69, 9.17) is 24.9 Å². The molecule has 194 valence electrons. The molecule has 0 aliphatic rings. The third kappa shape index (κ3) is 7.24. The second-order valence-electron chi connectivity index (χ2n) is 8.30. The van der Waals surface area contributed by atoms with E-state index in [1.54, 1.807) is 18.2 Å². The highest BCUT2D eigenvalue weighted by Crippen LogP contribution is 2.34. The van der Waals surface area contributed by atoms with Gasteiger partial charge in [-0.05, 0) is 42.7 Å². The first-order chi connectivity index (χ1) is 17.8. The Balaban J connectivity index is 1.46. The molecule has 0 aliphatic carbocycles. The summed E-state index contributed by atoms with van der Waals surface area (Å²) in [5, 5.41) is 0.641. The van der Waals surface area contributed by atoms with Crippen LogP contribution < -0.4 is 15.2 Å². The molecule has 9 heteroatoms. The van der Waals surface area contributed by atoms with Gasteiger partial charge in [0.15, 0.2) is 0 Å². The third-order valence-corrected chi connectivity index (χ3v) is 6.75. The zero-order valence-corrected chi connectivity index (χ0v) is 21.1. The smallest absolute Gasteiger partial charge is 0.416 e. The minimum Gasteiger partial charge on any atom is -0.494 e. The molecule has 3 aromatic carbocycles. The van der Waals surface area contributed by atoms with Crippen LogP contribution in [0.2, 0.25) is 0 Å². The van der Waals surface area contributed by atoms with Crippen LogP contribution in [0.25, 0.3) is 10.6 Å². The first kappa shape index (κ1) is 26.5. The summed E-state index contributed by atoms with van der Waals surface area (Å²) >= 11 is 1.40. The fourth-order valence-corrected chi connectivity index (χ4v) is 4.68. The van der Waals surface area contributed by atoms with Crippen molar-refractivity contribution in [3.63, 3.8) is 0 Å². The van der Waals surface area contributed by atoms with Crippen molar-refractivity contribution in [3.05, 3.63) is 94.5 Å². The highest BCUT2D eigenvalue weighted by Gasteiger charge is 2.30. The molecule has 4 aromatic rings. The number of benzene rings is 3. The molecule has 0 saturated heterocycles. The maximum absolute atomic E-state index is 13.0. The Kier molecular flexibility index (Phi) is 8.68. The molecular weight excluding hydrogens is 501 g/mol. The van der Waals surface area contributed by atoms with Crippen molar-refractivity contribution in [2.45, 2.75) is 32.2 Å². The maximum Gasteiger partial charge on any atom is 0.416 e. The number of ether oxygens (including phenoxy) is 3. The molecule has 0 amide bonds. The van der Waals surface area contributed by atoms with Crippen LogP contribution in [0.5, 0.6) is 11.5 Å². The molecule has 0 bridgehead atoms. The van der Waals surface area contributed by atoms with Crippen LogP contribution in [-0.2, 0) is 30.5 Å². The van der Waals surface area contributed by atoms with Crippen molar-refractivity contribution in [2.75, 3.05) is 19.5 Å². The molecule has 0 spiro atoms. The Hall–Kier alpha value is -3.56. The first-order valence-electron chi connectivity index (χ1n) is 11.7. The van der Waals surface area contributed by atoms with Gasteiger partial charge in [0.05, 0.1) is 35.5 Å². The van der Waals surface area contributed by atoms with Gasteiger partial charge >= 0.3 is 6.18 Å². The second-order valence-corrected chi connectivity index (χ2v) is 9.38. The summed E-state index contributed by atoms with van der Waals surface area (Å²) < 4.78 is 56.0. The number of alkyl halides is 3. The van der Waals surface area contributed by atoms with Crippen molar-refractivity contribution < 1.29 is 27.4 Å². The topological polar surface area (TPSA) is 66.6 Å². The largest absolute Gasteiger partial charge is 0.494 e. The highest BCUT2D eigenvalue weighted by molar-refractivity contribution is 7.15. The predicted molar refractivity (Wildman–Crippen MR) is 139 cm³/mol. The van der Waals surface area contributed by atoms with Gasteiger partial charge in [0, 0.05) is 18.2 Å². The van der Waals surface area contributed by atoms with E-state index in [1.165, 1.54) is 30.6 Å². The molecule has 2 N–H and O–H groups in total. The lowest BCUT2D eigenvalue weighted by molar-refractivity contribution is -0.137. The van der Waals surface area contributed by atoms with E-state index in [2.05, 4.69) is 0 Å². The fraction of sp³-hybridized carbons (Fsp3) is 0.250. The molecule has 5 nitrogen and oxygen atoms in total. The lowest BCUT2D eigenvalue weighted by atomic mass is 10.1. The summed E-state index contributed by atoms with van der Waals surface area (Å²) in [7, 11) is 1.53. The number of thiazole rings is 1. The number of hydrogen-bond donors (Lipinski definition) is 1. The number of rotatable bonds is 11. The molecule has 0 saturated carbocycles. The van der Waals surface area contributed by atoms with E-state index in [9.17, 15) is 13.2 Å². The number of hydrogen-bond acceptors (Lipinski definition) is 6. The normalized spacial score (nSPS) is 11.5. The molecule has 37 heavy (non-hydrogen) atoms. The van der Waals surface area contributed by atoms with E-state index in [1.807, 2.05) is 30.3 Å². The molecular formula is C28H27F3N2O3S. The van der Waals surface area contributed by atoms with E-state index < -0.39 is 11.7 Å². The summed E-state index contributed by atoms with van der Waals surface area (Å²) in [5.41, 5.74) is 8.27. The number of nitrogens with two attached hydrogens (primary N) is 1. The van der Waals surface area contributed by atoms with Crippen molar-refractivity contribution in [2.24, 2.45) is 0 Å².